The molecule has 2 nitrogen and oxygen atoms in total. The van der Waals surface area contributed by atoms with Crippen LogP contribution in [0.1, 0.15) is 19.4 Å². The molecule has 0 aromatic heterocycles. The first-order valence-corrected chi connectivity index (χ1v) is 4.95. The van der Waals surface area contributed by atoms with Gasteiger partial charge in [0.1, 0.15) is 6.07 Å². The van der Waals surface area contributed by atoms with Crippen molar-refractivity contribution in [2.75, 3.05) is 11.9 Å². The minimum absolute atomic E-state index is 0.542. The van der Waals surface area contributed by atoms with Crippen molar-refractivity contribution in [3.63, 3.8) is 0 Å². The largest absolute Gasteiger partial charge is 0.384 e. The lowest BCUT2D eigenvalue weighted by atomic mass is 10.1. The number of nitrogens with zero attached hydrogens (tertiary/aromatic N) is 1. The summed E-state index contributed by atoms with van der Waals surface area (Å²) in [6.45, 7) is 5.07. The summed E-state index contributed by atoms with van der Waals surface area (Å²) < 4.78 is 0. The van der Waals surface area contributed by atoms with Crippen molar-refractivity contribution in [3.8, 4) is 6.07 Å². The Labute approximate surface area is 89.5 Å². The number of benzene rings is 1. The van der Waals surface area contributed by atoms with Crippen LogP contribution < -0.4 is 5.32 Å². The van der Waals surface area contributed by atoms with Crippen LogP contribution in [0.3, 0.4) is 0 Å². The lowest BCUT2D eigenvalue weighted by Crippen LogP contribution is -2.08. The van der Waals surface area contributed by atoms with E-state index in [4.69, 9.17) is 16.9 Å². The monoisotopic (exact) mass is 208 g/mol. The smallest absolute Gasteiger partial charge is 0.101 e. The molecule has 0 amide bonds. The quantitative estimate of drug-likeness (QED) is 0.828. The van der Waals surface area contributed by atoms with Gasteiger partial charge in [0.15, 0.2) is 0 Å². The summed E-state index contributed by atoms with van der Waals surface area (Å²) in [5.41, 5.74) is 1.45. The Bertz CT molecular complexity index is 353. The molecule has 1 rings (SSSR count). The highest BCUT2D eigenvalue weighted by Gasteiger charge is 2.02. The number of hydrogen-bond donors (Lipinski definition) is 1. The van der Waals surface area contributed by atoms with E-state index in [1.54, 1.807) is 18.2 Å². The Morgan fingerprint density at radius 1 is 1.50 bits per heavy atom. The molecule has 0 fully saturated rings. The van der Waals surface area contributed by atoms with Gasteiger partial charge in [-0.2, -0.15) is 5.26 Å². The van der Waals surface area contributed by atoms with Crippen molar-refractivity contribution in [1.29, 1.82) is 5.26 Å². The van der Waals surface area contributed by atoms with Crippen LogP contribution in [0.25, 0.3) is 0 Å². The summed E-state index contributed by atoms with van der Waals surface area (Å²) in [7, 11) is 0. The van der Waals surface area contributed by atoms with E-state index < -0.39 is 0 Å². The molecule has 0 aliphatic rings. The molecule has 0 atom stereocenters. The third-order valence-electron chi connectivity index (χ3n) is 1.80. The zero-order valence-corrected chi connectivity index (χ0v) is 9.10. The first-order valence-electron chi connectivity index (χ1n) is 4.57. The second-order valence-electron chi connectivity index (χ2n) is 3.58. The van der Waals surface area contributed by atoms with Crippen molar-refractivity contribution in [3.05, 3.63) is 28.8 Å². The highest BCUT2D eigenvalue weighted by molar-refractivity contribution is 6.30. The average Bonchev–Trinajstić information content (AvgIpc) is 2.15. The summed E-state index contributed by atoms with van der Waals surface area (Å²) in [6, 6.07) is 7.36. The molecule has 1 aromatic carbocycles. The van der Waals surface area contributed by atoms with E-state index in [1.165, 1.54) is 0 Å². The highest BCUT2D eigenvalue weighted by atomic mass is 35.5. The molecule has 3 heteroatoms. The molecule has 0 aliphatic carbocycles. The molecule has 14 heavy (non-hydrogen) atoms. The van der Waals surface area contributed by atoms with E-state index >= 15 is 0 Å². The van der Waals surface area contributed by atoms with Gasteiger partial charge in [-0.05, 0) is 24.1 Å². The Kier molecular flexibility index (Phi) is 3.79. The molecular weight excluding hydrogens is 196 g/mol. The van der Waals surface area contributed by atoms with Crippen molar-refractivity contribution in [2.24, 2.45) is 5.92 Å². The zero-order chi connectivity index (χ0) is 10.6. The summed E-state index contributed by atoms with van der Waals surface area (Å²) in [6.07, 6.45) is 0. The SMILES string of the molecule is CC(C)CNc1cc(Cl)ccc1C#N. The van der Waals surface area contributed by atoms with Gasteiger partial charge in [-0.25, -0.2) is 0 Å². The van der Waals surface area contributed by atoms with Crippen molar-refractivity contribution < 1.29 is 0 Å². The molecule has 0 radical (unpaired) electrons. The fraction of sp³-hybridized carbons (Fsp3) is 0.364. The zero-order valence-electron chi connectivity index (χ0n) is 8.34. The van der Waals surface area contributed by atoms with Gasteiger partial charge in [-0.15, -0.1) is 0 Å². The second-order valence-corrected chi connectivity index (χ2v) is 4.01. The van der Waals surface area contributed by atoms with Gasteiger partial charge >= 0.3 is 0 Å². The lowest BCUT2D eigenvalue weighted by Gasteiger charge is -2.10. The van der Waals surface area contributed by atoms with Crippen LogP contribution in [0.15, 0.2) is 18.2 Å². The van der Waals surface area contributed by atoms with Gasteiger partial charge in [0.2, 0.25) is 0 Å². The van der Waals surface area contributed by atoms with Crippen LogP contribution in [0.4, 0.5) is 5.69 Å². The van der Waals surface area contributed by atoms with E-state index in [-0.39, 0.29) is 0 Å². The number of anilines is 1. The minimum atomic E-state index is 0.542. The molecule has 0 saturated carbocycles. The lowest BCUT2D eigenvalue weighted by molar-refractivity contribution is 0.689. The summed E-state index contributed by atoms with van der Waals surface area (Å²) in [5, 5.41) is 12.7. The first kappa shape index (κ1) is 10.9. The number of nitriles is 1. The van der Waals surface area contributed by atoms with Gasteiger partial charge in [0, 0.05) is 11.6 Å². The molecular formula is C11H13ClN2. The molecule has 0 unspecified atom stereocenters. The van der Waals surface area contributed by atoms with Crippen LogP contribution in [0, 0.1) is 17.2 Å². The van der Waals surface area contributed by atoms with Crippen LogP contribution in [0.2, 0.25) is 5.02 Å². The molecule has 74 valence electrons. The van der Waals surface area contributed by atoms with Crippen LogP contribution in [-0.2, 0) is 0 Å². The predicted octanol–water partition coefficient (Wildman–Crippen LogP) is 3.28. The van der Waals surface area contributed by atoms with E-state index in [1.807, 2.05) is 0 Å². The molecule has 1 aromatic rings. The fourth-order valence-corrected chi connectivity index (χ4v) is 1.25. The third-order valence-corrected chi connectivity index (χ3v) is 2.04. The van der Waals surface area contributed by atoms with E-state index in [2.05, 4.69) is 25.2 Å². The maximum absolute atomic E-state index is 8.84. The van der Waals surface area contributed by atoms with Crippen molar-refractivity contribution in [2.45, 2.75) is 13.8 Å². The van der Waals surface area contributed by atoms with Gasteiger partial charge in [0.05, 0.1) is 11.3 Å². The fourth-order valence-electron chi connectivity index (χ4n) is 1.07. The van der Waals surface area contributed by atoms with Gasteiger partial charge in [-0.1, -0.05) is 25.4 Å². The topological polar surface area (TPSA) is 35.8 Å². The van der Waals surface area contributed by atoms with Gasteiger partial charge < -0.3 is 5.32 Å². The van der Waals surface area contributed by atoms with Gasteiger partial charge in [-0.3, -0.25) is 0 Å². The van der Waals surface area contributed by atoms with Crippen LogP contribution in [-0.4, -0.2) is 6.54 Å². The summed E-state index contributed by atoms with van der Waals surface area (Å²) in [4.78, 5) is 0. The Morgan fingerprint density at radius 2 is 2.21 bits per heavy atom. The average molecular weight is 209 g/mol. The maximum Gasteiger partial charge on any atom is 0.101 e. The minimum Gasteiger partial charge on any atom is -0.384 e. The number of hydrogen-bond acceptors (Lipinski definition) is 2. The Balaban J connectivity index is 2.84. The highest BCUT2D eigenvalue weighted by Crippen LogP contribution is 2.20. The number of halogens is 1. The van der Waals surface area contributed by atoms with Crippen LogP contribution >= 0.6 is 11.6 Å². The standard InChI is InChI=1S/C11H13ClN2/c1-8(2)7-14-11-5-10(12)4-3-9(11)6-13/h3-5,8,14H,7H2,1-2H3. The molecule has 0 spiro atoms. The van der Waals surface area contributed by atoms with E-state index in [9.17, 15) is 0 Å². The molecule has 0 heterocycles. The third kappa shape index (κ3) is 2.93. The van der Waals surface area contributed by atoms with Gasteiger partial charge in [0.25, 0.3) is 0 Å². The Morgan fingerprint density at radius 3 is 2.79 bits per heavy atom. The normalized spacial score (nSPS) is 9.93. The second kappa shape index (κ2) is 4.88. The number of rotatable bonds is 3. The molecule has 0 saturated heterocycles. The predicted molar refractivity (Wildman–Crippen MR) is 59.5 cm³/mol. The molecule has 1 N–H and O–H groups in total. The maximum atomic E-state index is 8.84. The van der Waals surface area contributed by atoms with Crippen molar-refractivity contribution in [1.82, 2.24) is 0 Å². The van der Waals surface area contributed by atoms with Crippen molar-refractivity contribution >= 4 is 17.3 Å². The first-order chi connectivity index (χ1) is 6.63. The number of nitrogens with one attached hydrogen (secondary N) is 1. The molecule has 0 aliphatic heterocycles. The Hall–Kier alpha value is -1.20. The summed E-state index contributed by atoms with van der Waals surface area (Å²) >= 11 is 5.84. The van der Waals surface area contributed by atoms with E-state index in [0.717, 1.165) is 12.2 Å². The van der Waals surface area contributed by atoms with Crippen LogP contribution in [0.5, 0.6) is 0 Å². The molecule has 0 bridgehead atoms. The van der Waals surface area contributed by atoms with E-state index in [0.29, 0.717) is 16.5 Å². The summed E-state index contributed by atoms with van der Waals surface area (Å²) in [5.74, 6) is 0.542.